The minimum Gasteiger partial charge on any atom is -0.355 e. The highest BCUT2D eigenvalue weighted by atomic mass is 16.2. The van der Waals surface area contributed by atoms with Gasteiger partial charge in [-0.1, -0.05) is 79.7 Å². The van der Waals surface area contributed by atoms with Crippen LogP contribution in [0.3, 0.4) is 0 Å². The average Bonchev–Trinajstić information content (AvgIpc) is 3.77. The van der Waals surface area contributed by atoms with Crippen LogP contribution in [0.15, 0.2) is 109 Å². The summed E-state index contributed by atoms with van der Waals surface area (Å²) < 4.78 is 0. The first-order chi connectivity index (χ1) is 23.9. The Balaban J connectivity index is 1.05. The number of amides is 4. The fourth-order valence-corrected chi connectivity index (χ4v) is 6.35. The predicted molar refractivity (Wildman–Crippen MR) is 193 cm³/mol. The van der Waals surface area contributed by atoms with Crippen molar-refractivity contribution in [2.45, 2.75) is 45.1 Å². The third kappa shape index (κ3) is 8.43. The predicted octanol–water partition coefficient (Wildman–Crippen LogP) is 6.43. The summed E-state index contributed by atoms with van der Waals surface area (Å²) in [6.07, 6.45) is 2.74. The molecule has 1 fully saturated rings. The molecule has 0 radical (unpaired) electrons. The smallest absolute Gasteiger partial charge is 0.247 e. The van der Waals surface area contributed by atoms with Gasteiger partial charge in [0.2, 0.25) is 23.6 Å². The molecule has 9 nitrogen and oxygen atoms in total. The molecular weight excluding hydrogens is 614 g/mol. The summed E-state index contributed by atoms with van der Waals surface area (Å²) in [7, 11) is 0. The van der Waals surface area contributed by atoms with Crippen LogP contribution in [0.5, 0.6) is 0 Å². The van der Waals surface area contributed by atoms with Crippen molar-refractivity contribution in [3.8, 4) is 11.3 Å². The second-order valence-corrected chi connectivity index (χ2v) is 12.5. The minimum atomic E-state index is -0.489. The van der Waals surface area contributed by atoms with Gasteiger partial charge in [0.15, 0.2) is 0 Å². The Labute approximate surface area is 286 Å². The third-order valence-corrected chi connectivity index (χ3v) is 8.82. The van der Waals surface area contributed by atoms with E-state index >= 15 is 0 Å². The molecule has 0 aliphatic carbocycles. The first-order valence-corrected chi connectivity index (χ1v) is 16.9. The Morgan fingerprint density at radius 3 is 2.16 bits per heavy atom. The molecule has 1 saturated heterocycles. The van der Waals surface area contributed by atoms with Gasteiger partial charge >= 0.3 is 0 Å². The van der Waals surface area contributed by atoms with E-state index in [0.717, 1.165) is 46.1 Å². The Morgan fingerprint density at radius 2 is 1.47 bits per heavy atom. The van der Waals surface area contributed by atoms with E-state index in [1.54, 1.807) is 9.80 Å². The molecule has 0 unspecified atom stereocenters. The van der Waals surface area contributed by atoms with Crippen LogP contribution >= 0.6 is 0 Å². The molecule has 49 heavy (non-hydrogen) atoms. The highest BCUT2D eigenvalue weighted by molar-refractivity contribution is 6.00. The molecule has 1 aliphatic rings. The lowest BCUT2D eigenvalue weighted by atomic mass is 10.1. The molecule has 0 saturated carbocycles. The van der Waals surface area contributed by atoms with E-state index in [-0.39, 0.29) is 43.0 Å². The van der Waals surface area contributed by atoms with E-state index in [0.29, 0.717) is 30.9 Å². The minimum absolute atomic E-state index is 0.00901. The standard InChI is InChI=1S/C40H41N5O4/c1-2-21-44(38(47)23-28-10-5-3-6-11-28)27-37(46)41-32-17-15-30(16-18-32)35-26-31-25-33(19-20-34(31)43-35)42-40(49)36-14-9-22-45(36)39(48)24-29-12-7-4-8-13-29/h3-8,10-13,15-20,25-26,36,43H,2,9,14,21-24,27H2,1H3,(H,41,46)(H,42,49)/t36-/m0/s1. The van der Waals surface area contributed by atoms with Crippen molar-refractivity contribution in [3.05, 3.63) is 120 Å². The van der Waals surface area contributed by atoms with Gasteiger partial charge in [-0.25, -0.2) is 0 Å². The Morgan fingerprint density at radius 1 is 0.796 bits per heavy atom. The van der Waals surface area contributed by atoms with Crippen molar-refractivity contribution in [2.75, 3.05) is 30.3 Å². The summed E-state index contributed by atoms with van der Waals surface area (Å²) >= 11 is 0. The SMILES string of the molecule is CCCN(CC(=O)Nc1ccc(-c2cc3cc(NC(=O)[C@@H]4CCCN4C(=O)Cc4ccccc4)ccc3[nH]2)cc1)C(=O)Cc1ccccc1. The number of nitrogens with zero attached hydrogens (tertiary/aromatic N) is 2. The van der Waals surface area contributed by atoms with Gasteiger partial charge in [-0.3, -0.25) is 19.2 Å². The molecule has 6 rings (SSSR count). The quantitative estimate of drug-likeness (QED) is 0.144. The van der Waals surface area contributed by atoms with E-state index < -0.39 is 6.04 Å². The van der Waals surface area contributed by atoms with E-state index in [9.17, 15) is 19.2 Å². The van der Waals surface area contributed by atoms with Crippen molar-refractivity contribution in [3.63, 3.8) is 0 Å². The van der Waals surface area contributed by atoms with Crippen LogP contribution in [0.25, 0.3) is 22.2 Å². The molecule has 4 amide bonds. The lowest BCUT2D eigenvalue weighted by molar-refractivity contribution is -0.136. The van der Waals surface area contributed by atoms with Gasteiger partial charge in [-0.2, -0.15) is 0 Å². The van der Waals surface area contributed by atoms with Crippen LogP contribution < -0.4 is 10.6 Å². The zero-order valence-corrected chi connectivity index (χ0v) is 27.7. The molecule has 5 aromatic rings. The van der Waals surface area contributed by atoms with Gasteiger partial charge in [-0.05, 0) is 72.4 Å². The second kappa shape index (κ2) is 15.5. The van der Waals surface area contributed by atoms with Crippen molar-refractivity contribution >= 4 is 45.9 Å². The van der Waals surface area contributed by atoms with Crippen molar-refractivity contribution in [1.82, 2.24) is 14.8 Å². The normalized spacial score (nSPS) is 14.1. The zero-order valence-electron chi connectivity index (χ0n) is 27.7. The summed E-state index contributed by atoms with van der Waals surface area (Å²) in [5, 5.41) is 6.88. The number of benzene rings is 4. The number of anilines is 2. The number of hydrogen-bond acceptors (Lipinski definition) is 4. The largest absolute Gasteiger partial charge is 0.355 e. The number of likely N-dealkylation sites (tertiary alicyclic amines) is 1. The zero-order chi connectivity index (χ0) is 34.2. The maximum Gasteiger partial charge on any atom is 0.247 e. The lowest BCUT2D eigenvalue weighted by Gasteiger charge is -2.24. The number of aromatic amines is 1. The highest BCUT2D eigenvalue weighted by Gasteiger charge is 2.34. The monoisotopic (exact) mass is 655 g/mol. The molecule has 0 bridgehead atoms. The average molecular weight is 656 g/mol. The highest BCUT2D eigenvalue weighted by Crippen LogP contribution is 2.28. The van der Waals surface area contributed by atoms with Crippen molar-refractivity contribution in [2.24, 2.45) is 0 Å². The van der Waals surface area contributed by atoms with Crippen LogP contribution in [-0.2, 0) is 32.0 Å². The Kier molecular flexibility index (Phi) is 10.5. The molecule has 1 aliphatic heterocycles. The van der Waals surface area contributed by atoms with E-state index in [4.69, 9.17) is 0 Å². The number of rotatable bonds is 12. The number of fused-ring (bicyclic) bond motifs is 1. The summed E-state index contributed by atoms with van der Waals surface area (Å²) in [5.41, 5.74) is 5.92. The number of hydrogen-bond donors (Lipinski definition) is 3. The van der Waals surface area contributed by atoms with E-state index in [2.05, 4.69) is 15.6 Å². The number of aromatic nitrogens is 1. The summed E-state index contributed by atoms with van der Waals surface area (Å²) in [5.74, 6) is -0.531. The summed E-state index contributed by atoms with van der Waals surface area (Å²) in [4.78, 5) is 58.8. The van der Waals surface area contributed by atoms with Crippen LogP contribution in [0.4, 0.5) is 11.4 Å². The molecule has 4 aromatic carbocycles. The molecule has 1 aromatic heterocycles. The maximum absolute atomic E-state index is 13.3. The van der Waals surface area contributed by atoms with Crippen LogP contribution in [0.2, 0.25) is 0 Å². The molecular formula is C40H41N5O4. The third-order valence-electron chi connectivity index (χ3n) is 8.82. The fraction of sp³-hybridized carbons (Fsp3) is 0.250. The second-order valence-electron chi connectivity index (χ2n) is 12.5. The van der Waals surface area contributed by atoms with Gasteiger partial charge in [0.05, 0.1) is 19.4 Å². The van der Waals surface area contributed by atoms with Crippen LogP contribution in [-0.4, -0.2) is 64.1 Å². The summed E-state index contributed by atoms with van der Waals surface area (Å²) in [6.45, 7) is 3.07. The molecule has 3 N–H and O–H groups in total. The first-order valence-electron chi connectivity index (χ1n) is 16.9. The van der Waals surface area contributed by atoms with E-state index in [1.165, 1.54) is 0 Å². The van der Waals surface area contributed by atoms with Gasteiger partial charge in [0, 0.05) is 41.1 Å². The van der Waals surface area contributed by atoms with Crippen molar-refractivity contribution in [1.29, 1.82) is 0 Å². The molecule has 250 valence electrons. The lowest BCUT2D eigenvalue weighted by Crippen LogP contribution is -2.43. The summed E-state index contributed by atoms with van der Waals surface area (Å²) in [6, 6.07) is 33.9. The maximum atomic E-state index is 13.3. The Bertz CT molecular complexity index is 1920. The number of nitrogens with one attached hydrogen (secondary N) is 3. The molecule has 2 heterocycles. The molecule has 0 spiro atoms. The number of H-pyrrole nitrogens is 1. The van der Waals surface area contributed by atoms with Gasteiger partial charge in [-0.15, -0.1) is 0 Å². The van der Waals surface area contributed by atoms with Gasteiger partial charge in [0.1, 0.15) is 6.04 Å². The first kappa shape index (κ1) is 33.2. The van der Waals surface area contributed by atoms with Crippen molar-refractivity contribution < 1.29 is 19.2 Å². The number of carbonyl (C=O) groups excluding carboxylic acids is 4. The van der Waals surface area contributed by atoms with Gasteiger partial charge in [0.25, 0.3) is 0 Å². The van der Waals surface area contributed by atoms with Crippen LogP contribution in [0, 0.1) is 0 Å². The fourth-order valence-electron chi connectivity index (χ4n) is 6.35. The van der Waals surface area contributed by atoms with E-state index in [1.807, 2.05) is 116 Å². The number of carbonyl (C=O) groups is 4. The molecule has 9 heteroatoms. The van der Waals surface area contributed by atoms with Gasteiger partial charge < -0.3 is 25.4 Å². The van der Waals surface area contributed by atoms with Crippen LogP contribution in [0.1, 0.15) is 37.3 Å². The topological polar surface area (TPSA) is 115 Å². The Hall–Kier alpha value is -5.70. The molecule has 1 atom stereocenters.